The summed E-state index contributed by atoms with van der Waals surface area (Å²) in [7, 11) is 0. The van der Waals surface area contributed by atoms with Crippen LogP contribution in [0, 0.1) is 5.82 Å². The summed E-state index contributed by atoms with van der Waals surface area (Å²) in [6, 6.07) is 16.8. The molecule has 2 aliphatic rings. The molecular weight excluding hydrogens is 253 g/mol. The maximum Gasteiger partial charge on any atom is 0.132 e. The van der Waals surface area contributed by atoms with Gasteiger partial charge in [0.15, 0.2) is 0 Å². The SMILES string of the molecule is Fc1ccc2cc3c(Nc4ccccc4)[nH][nH]c-3c2c1. The topological polar surface area (TPSA) is 43.6 Å². The highest BCUT2D eigenvalue weighted by Gasteiger charge is 2.17. The van der Waals surface area contributed by atoms with E-state index in [2.05, 4.69) is 15.5 Å². The number of H-pyrrole nitrogens is 2. The summed E-state index contributed by atoms with van der Waals surface area (Å²) in [4.78, 5) is 0. The van der Waals surface area contributed by atoms with Crippen molar-refractivity contribution in [2.75, 3.05) is 5.32 Å². The molecule has 3 nitrogen and oxygen atoms in total. The van der Waals surface area contributed by atoms with E-state index in [1.807, 2.05) is 36.4 Å². The van der Waals surface area contributed by atoms with Gasteiger partial charge in [-0.05, 0) is 35.7 Å². The zero-order valence-corrected chi connectivity index (χ0v) is 10.6. The van der Waals surface area contributed by atoms with E-state index in [-0.39, 0.29) is 5.82 Å². The van der Waals surface area contributed by atoms with E-state index >= 15 is 0 Å². The van der Waals surface area contributed by atoms with Crippen LogP contribution in [0.1, 0.15) is 0 Å². The third kappa shape index (κ3) is 1.66. The van der Waals surface area contributed by atoms with Crippen LogP contribution in [0.15, 0.2) is 54.6 Å². The smallest absolute Gasteiger partial charge is 0.132 e. The van der Waals surface area contributed by atoms with Crippen molar-refractivity contribution in [3.05, 3.63) is 60.4 Å². The third-order valence-electron chi connectivity index (χ3n) is 3.48. The molecule has 0 fully saturated rings. The molecule has 4 rings (SSSR count). The molecule has 0 amide bonds. The minimum absolute atomic E-state index is 0.225. The highest BCUT2D eigenvalue weighted by molar-refractivity contribution is 6.04. The number of nitrogens with one attached hydrogen (secondary N) is 3. The Labute approximate surface area is 114 Å². The molecule has 0 spiro atoms. The maximum absolute atomic E-state index is 13.4. The molecule has 0 atom stereocenters. The third-order valence-corrected chi connectivity index (χ3v) is 3.48. The fraction of sp³-hybridized carbons (Fsp3) is 0. The van der Waals surface area contributed by atoms with Crippen molar-refractivity contribution < 1.29 is 4.39 Å². The Morgan fingerprint density at radius 3 is 2.60 bits per heavy atom. The van der Waals surface area contributed by atoms with E-state index < -0.39 is 0 Å². The molecule has 2 aromatic rings. The van der Waals surface area contributed by atoms with Crippen LogP contribution in [-0.4, -0.2) is 10.2 Å². The van der Waals surface area contributed by atoms with Crippen LogP contribution in [-0.2, 0) is 0 Å². The van der Waals surface area contributed by atoms with Crippen LogP contribution >= 0.6 is 0 Å². The summed E-state index contributed by atoms with van der Waals surface area (Å²) in [5.41, 5.74) is 2.94. The molecule has 0 saturated carbocycles. The summed E-state index contributed by atoms with van der Waals surface area (Å²) in [6.45, 7) is 0. The van der Waals surface area contributed by atoms with E-state index in [4.69, 9.17) is 0 Å². The molecule has 0 saturated heterocycles. The monoisotopic (exact) mass is 265 g/mol. The lowest BCUT2D eigenvalue weighted by Crippen LogP contribution is -1.90. The first-order chi connectivity index (χ1) is 9.81. The number of hydrogen-bond donors (Lipinski definition) is 3. The van der Waals surface area contributed by atoms with Crippen molar-refractivity contribution in [2.24, 2.45) is 0 Å². The van der Waals surface area contributed by atoms with Gasteiger partial charge >= 0.3 is 0 Å². The van der Waals surface area contributed by atoms with Gasteiger partial charge in [0, 0.05) is 16.6 Å². The minimum Gasteiger partial charge on any atom is -0.340 e. The molecule has 1 heterocycles. The minimum atomic E-state index is -0.225. The second-order valence-electron chi connectivity index (χ2n) is 4.78. The Hall–Kier alpha value is -2.75. The molecule has 98 valence electrons. The summed E-state index contributed by atoms with van der Waals surface area (Å²) in [5, 5.41) is 11.4. The summed E-state index contributed by atoms with van der Waals surface area (Å²) < 4.78 is 13.4. The highest BCUT2D eigenvalue weighted by atomic mass is 19.1. The Morgan fingerprint density at radius 2 is 1.75 bits per heavy atom. The Balaban J connectivity index is 1.81. The zero-order chi connectivity index (χ0) is 13.5. The lowest BCUT2D eigenvalue weighted by molar-refractivity contribution is 0.630. The molecular formula is C16H12FN3. The second-order valence-corrected chi connectivity index (χ2v) is 4.78. The van der Waals surface area contributed by atoms with Crippen LogP contribution < -0.4 is 5.32 Å². The van der Waals surface area contributed by atoms with Gasteiger partial charge in [-0.2, -0.15) is 0 Å². The standard InChI is InChI=1S/C16H12FN3/c17-11-7-6-10-8-14-15(13(10)9-11)19-20-16(14)18-12-4-2-1-3-5-12/h1-9,18-20H. The van der Waals surface area contributed by atoms with Gasteiger partial charge in [-0.25, -0.2) is 4.39 Å². The fourth-order valence-electron chi connectivity index (χ4n) is 2.53. The van der Waals surface area contributed by atoms with Crippen LogP contribution in [0.25, 0.3) is 22.0 Å². The van der Waals surface area contributed by atoms with E-state index in [1.54, 1.807) is 12.1 Å². The molecule has 0 aromatic heterocycles. The molecule has 4 heteroatoms. The van der Waals surface area contributed by atoms with Gasteiger partial charge in [-0.15, -0.1) is 0 Å². The fourth-order valence-corrected chi connectivity index (χ4v) is 2.53. The van der Waals surface area contributed by atoms with Crippen LogP contribution in [0.3, 0.4) is 0 Å². The first kappa shape index (κ1) is 11.1. The van der Waals surface area contributed by atoms with Crippen molar-refractivity contribution in [3.8, 4) is 11.3 Å². The van der Waals surface area contributed by atoms with Crippen LogP contribution in [0.4, 0.5) is 15.9 Å². The lowest BCUT2D eigenvalue weighted by Gasteiger charge is -2.03. The number of para-hydroxylation sites is 1. The molecule has 1 aliphatic heterocycles. The average molecular weight is 265 g/mol. The number of hydrogen-bond acceptors (Lipinski definition) is 1. The van der Waals surface area contributed by atoms with E-state index in [9.17, 15) is 4.39 Å². The highest BCUT2D eigenvalue weighted by Crippen LogP contribution is 2.38. The Kier molecular flexibility index (Phi) is 2.29. The molecule has 0 radical (unpaired) electrons. The largest absolute Gasteiger partial charge is 0.340 e. The summed E-state index contributed by atoms with van der Waals surface area (Å²) >= 11 is 0. The first-order valence-electron chi connectivity index (χ1n) is 6.42. The number of halogens is 1. The second kappa shape index (κ2) is 4.13. The summed E-state index contributed by atoms with van der Waals surface area (Å²) in [6.07, 6.45) is 0. The van der Waals surface area contributed by atoms with Gasteiger partial charge in [0.25, 0.3) is 0 Å². The molecule has 0 bridgehead atoms. The molecule has 3 N–H and O–H groups in total. The van der Waals surface area contributed by atoms with Gasteiger partial charge in [0.1, 0.15) is 11.6 Å². The molecule has 2 aromatic carbocycles. The number of aromatic nitrogens is 2. The zero-order valence-electron chi connectivity index (χ0n) is 10.6. The van der Waals surface area contributed by atoms with E-state index in [1.165, 1.54) is 6.07 Å². The quantitative estimate of drug-likeness (QED) is 0.491. The van der Waals surface area contributed by atoms with Crippen molar-refractivity contribution >= 4 is 22.3 Å². The molecule has 20 heavy (non-hydrogen) atoms. The van der Waals surface area contributed by atoms with Gasteiger partial charge in [-0.1, -0.05) is 24.3 Å². The Bertz CT molecular complexity index is 845. The van der Waals surface area contributed by atoms with Gasteiger partial charge in [0.2, 0.25) is 0 Å². The number of aromatic amines is 2. The van der Waals surface area contributed by atoms with Crippen molar-refractivity contribution in [1.29, 1.82) is 0 Å². The number of rotatable bonds is 2. The van der Waals surface area contributed by atoms with E-state index in [0.29, 0.717) is 0 Å². The molecule has 0 unspecified atom stereocenters. The van der Waals surface area contributed by atoms with Gasteiger partial charge in [0.05, 0.1) is 5.69 Å². The summed E-state index contributed by atoms with van der Waals surface area (Å²) in [5.74, 6) is 0.653. The van der Waals surface area contributed by atoms with Crippen LogP contribution in [0.5, 0.6) is 0 Å². The van der Waals surface area contributed by atoms with Crippen molar-refractivity contribution in [3.63, 3.8) is 0 Å². The van der Waals surface area contributed by atoms with Gasteiger partial charge < -0.3 is 5.32 Å². The first-order valence-corrected chi connectivity index (χ1v) is 6.42. The predicted molar refractivity (Wildman–Crippen MR) is 79.0 cm³/mol. The van der Waals surface area contributed by atoms with E-state index in [0.717, 1.165) is 33.5 Å². The van der Waals surface area contributed by atoms with Crippen molar-refractivity contribution in [1.82, 2.24) is 10.2 Å². The van der Waals surface area contributed by atoms with Crippen LogP contribution in [0.2, 0.25) is 0 Å². The number of fused-ring (bicyclic) bond motifs is 3. The number of anilines is 2. The van der Waals surface area contributed by atoms with Crippen molar-refractivity contribution in [2.45, 2.75) is 0 Å². The number of benzene rings is 2. The Morgan fingerprint density at radius 1 is 0.900 bits per heavy atom. The normalized spacial score (nSPS) is 11.2. The maximum atomic E-state index is 13.4. The average Bonchev–Trinajstić information content (AvgIpc) is 3.00. The molecule has 1 aliphatic carbocycles. The van der Waals surface area contributed by atoms with Gasteiger partial charge in [-0.3, -0.25) is 10.2 Å². The predicted octanol–water partition coefficient (Wildman–Crippen LogP) is 4.48. The lowest BCUT2D eigenvalue weighted by atomic mass is 10.2.